The molecule has 3 nitrogen and oxygen atoms in total. The summed E-state index contributed by atoms with van der Waals surface area (Å²) in [6.45, 7) is 2.58. The Morgan fingerprint density at radius 1 is 0.786 bits per heavy atom. The van der Waals surface area contributed by atoms with Crippen molar-refractivity contribution in [1.29, 1.82) is 0 Å². The molecule has 3 aromatic carbocycles. The molecule has 0 saturated carbocycles. The molecule has 28 heavy (non-hydrogen) atoms. The zero-order valence-electron chi connectivity index (χ0n) is 16.3. The first kappa shape index (κ1) is 18.7. The Labute approximate surface area is 167 Å². The maximum absolute atomic E-state index is 13.3. The summed E-state index contributed by atoms with van der Waals surface area (Å²) in [7, 11) is -0.815. The summed E-state index contributed by atoms with van der Waals surface area (Å²) in [4.78, 5) is 15.0. The van der Waals surface area contributed by atoms with Crippen molar-refractivity contribution >= 4 is 29.5 Å². The summed E-state index contributed by atoms with van der Waals surface area (Å²) in [5.41, 5.74) is -0.190. The fourth-order valence-corrected chi connectivity index (χ4v) is 10.1. The van der Waals surface area contributed by atoms with Gasteiger partial charge < -0.3 is 9.64 Å². The van der Waals surface area contributed by atoms with Crippen LogP contribution < -0.4 is 15.6 Å². The molecule has 3 aromatic rings. The fraction of sp³-hybridized carbons (Fsp3) is 0.208. The van der Waals surface area contributed by atoms with Crippen molar-refractivity contribution in [2.45, 2.75) is 18.7 Å². The minimum atomic E-state index is -2.66. The van der Waals surface area contributed by atoms with Gasteiger partial charge in [-0.15, -0.1) is 0 Å². The lowest BCUT2D eigenvalue weighted by molar-refractivity contribution is -0.168. The predicted molar refractivity (Wildman–Crippen MR) is 116 cm³/mol. The topological polar surface area (TPSA) is 29.5 Å². The largest absolute Gasteiger partial charge is 0.358 e. The number of carbonyl (C=O) groups is 1. The Balaban J connectivity index is 2.04. The van der Waals surface area contributed by atoms with Crippen LogP contribution in [0.5, 0.6) is 0 Å². The minimum Gasteiger partial charge on any atom is -0.358 e. The molecule has 0 bridgehead atoms. The van der Waals surface area contributed by atoms with Gasteiger partial charge in [0, 0.05) is 13.7 Å². The van der Waals surface area contributed by atoms with E-state index in [1.54, 1.807) is 4.90 Å². The molecule has 0 aromatic heterocycles. The van der Waals surface area contributed by atoms with Gasteiger partial charge in [0.15, 0.2) is 8.07 Å². The predicted octanol–water partition coefficient (Wildman–Crippen LogP) is 2.36. The van der Waals surface area contributed by atoms with Gasteiger partial charge in [0.25, 0.3) is 0 Å². The Morgan fingerprint density at radius 3 is 1.54 bits per heavy atom. The van der Waals surface area contributed by atoms with Crippen molar-refractivity contribution in [3.8, 4) is 0 Å². The Bertz CT molecular complexity index is 834. The van der Waals surface area contributed by atoms with E-state index in [-0.39, 0.29) is 17.7 Å². The van der Waals surface area contributed by atoms with Gasteiger partial charge in [0.05, 0.1) is 5.54 Å². The molecule has 142 valence electrons. The van der Waals surface area contributed by atoms with E-state index in [0.29, 0.717) is 6.61 Å². The second-order valence-electron chi connectivity index (χ2n) is 7.18. The molecule has 1 aliphatic rings. The number of rotatable bonds is 6. The standard InChI is InChI=1S/C24H25NO2Si/c1-3-27-24-22(23(26)25(24)2)28(19-13-7-4-8-14-19,20-15-9-5-10-16-20)21-17-11-6-12-18-21/h4-18,22,24H,3H2,1-2H3/t22-,24-/m1/s1. The van der Waals surface area contributed by atoms with E-state index in [2.05, 4.69) is 72.8 Å². The van der Waals surface area contributed by atoms with Crippen molar-refractivity contribution in [2.75, 3.05) is 13.7 Å². The lowest BCUT2D eigenvalue weighted by Crippen LogP contribution is -2.79. The number of β-lactam (4-membered cyclic amide) rings is 1. The maximum Gasteiger partial charge on any atom is 0.230 e. The lowest BCUT2D eigenvalue weighted by atomic mass is 10.2. The van der Waals surface area contributed by atoms with Crippen LogP contribution in [-0.2, 0) is 9.53 Å². The summed E-state index contributed by atoms with van der Waals surface area (Å²) < 4.78 is 6.08. The smallest absolute Gasteiger partial charge is 0.230 e. The number of amides is 1. The molecular formula is C24H25NO2Si. The first-order chi connectivity index (χ1) is 13.7. The molecule has 0 spiro atoms. The summed E-state index contributed by atoms with van der Waals surface area (Å²) in [6, 6.07) is 31.6. The number of carbonyl (C=O) groups excluding carboxylic acids is 1. The number of nitrogens with zero attached hydrogens (tertiary/aromatic N) is 1. The highest BCUT2D eigenvalue weighted by molar-refractivity contribution is 7.14. The molecule has 4 heteroatoms. The molecule has 1 saturated heterocycles. The molecule has 0 radical (unpaired) electrons. The van der Waals surface area contributed by atoms with Gasteiger partial charge in [-0.3, -0.25) is 4.79 Å². The second kappa shape index (κ2) is 7.74. The number of hydrogen-bond donors (Lipinski definition) is 0. The highest BCUT2D eigenvalue weighted by atomic mass is 28.3. The van der Waals surface area contributed by atoms with Gasteiger partial charge in [-0.1, -0.05) is 91.0 Å². The number of likely N-dealkylation sites (tertiary alicyclic amines) is 1. The highest BCUT2D eigenvalue weighted by Gasteiger charge is 2.61. The van der Waals surface area contributed by atoms with E-state index >= 15 is 0 Å². The SMILES string of the molecule is CCO[C@@H]1[C@H]([Si](c2ccccc2)(c2ccccc2)c2ccccc2)C(=O)N1C. The van der Waals surface area contributed by atoms with Crippen LogP contribution in [0.4, 0.5) is 0 Å². The third-order valence-corrected chi connectivity index (χ3v) is 11.0. The molecule has 1 fully saturated rings. The first-order valence-electron chi connectivity index (χ1n) is 9.76. The van der Waals surface area contributed by atoms with E-state index in [1.165, 1.54) is 15.6 Å². The van der Waals surface area contributed by atoms with Gasteiger partial charge >= 0.3 is 0 Å². The molecule has 2 atom stereocenters. The zero-order chi connectivity index (χ0) is 19.6. The Morgan fingerprint density at radius 2 is 1.18 bits per heavy atom. The van der Waals surface area contributed by atoms with Gasteiger partial charge in [-0.25, -0.2) is 0 Å². The summed E-state index contributed by atoms with van der Waals surface area (Å²) >= 11 is 0. The van der Waals surface area contributed by atoms with Crippen LogP contribution in [0.15, 0.2) is 91.0 Å². The number of ether oxygens (including phenoxy) is 1. The molecule has 0 aliphatic carbocycles. The summed E-state index contributed by atoms with van der Waals surface area (Å²) in [6.07, 6.45) is -0.204. The minimum absolute atomic E-state index is 0.168. The van der Waals surface area contributed by atoms with Crippen molar-refractivity contribution < 1.29 is 9.53 Å². The van der Waals surface area contributed by atoms with Gasteiger partial charge in [-0.2, -0.15) is 0 Å². The Kier molecular flexibility index (Phi) is 5.16. The molecule has 1 aliphatic heterocycles. The molecule has 1 heterocycles. The third kappa shape index (κ3) is 2.80. The van der Waals surface area contributed by atoms with E-state index in [9.17, 15) is 4.79 Å². The van der Waals surface area contributed by atoms with Gasteiger partial charge in [-0.05, 0) is 22.5 Å². The molecule has 0 unspecified atom stereocenters. The zero-order valence-corrected chi connectivity index (χ0v) is 17.3. The van der Waals surface area contributed by atoms with Crippen molar-refractivity contribution in [3.63, 3.8) is 0 Å². The van der Waals surface area contributed by atoms with Crippen LogP contribution in [0.1, 0.15) is 6.92 Å². The first-order valence-corrected chi connectivity index (χ1v) is 11.8. The highest BCUT2D eigenvalue weighted by Crippen LogP contribution is 2.39. The fourth-order valence-electron chi connectivity index (χ4n) is 4.53. The molecule has 4 rings (SSSR count). The van der Waals surface area contributed by atoms with E-state index < -0.39 is 8.07 Å². The van der Waals surface area contributed by atoms with Crippen LogP contribution in [0.3, 0.4) is 0 Å². The van der Waals surface area contributed by atoms with Crippen molar-refractivity contribution in [2.24, 2.45) is 0 Å². The van der Waals surface area contributed by atoms with Crippen LogP contribution in [0.2, 0.25) is 5.54 Å². The average Bonchev–Trinajstić information content (AvgIpc) is 2.78. The quantitative estimate of drug-likeness (QED) is 0.369. The lowest BCUT2D eigenvalue weighted by Gasteiger charge is -2.53. The summed E-state index contributed by atoms with van der Waals surface area (Å²) in [5, 5.41) is 3.72. The Hall–Kier alpha value is -2.69. The van der Waals surface area contributed by atoms with E-state index in [0.717, 1.165) is 0 Å². The van der Waals surface area contributed by atoms with E-state index in [1.807, 2.05) is 32.2 Å². The van der Waals surface area contributed by atoms with Crippen LogP contribution in [0, 0.1) is 0 Å². The van der Waals surface area contributed by atoms with Gasteiger partial charge in [0.1, 0.15) is 6.23 Å². The number of hydrogen-bond acceptors (Lipinski definition) is 2. The monoisotopic (exact) mass is 387 g/mol. The third-order valence-electron chi connectivity index (χ3n) is 5.77. The molecule has 1 amide bonds. The normalized spacial score (nSPS) is 19.4. The average molecular weight is 388 g/mol. The van der Waals surface area contributed by atoms with Crippen molar-refractivity contribution in [1.82, 2.24) is 4.90 Å². The number of benzene rings is 3. The maximum atomic E-state index is 13.3. The van der Waals surface area contributed by atoms with Crippen LogP contribution in [0.25, 0.3) is 0 Å². The summed E-state index contributed by atoms with van der Waals surface area (Å²) in [5.74, 6) is 0.168. The van der Waals surface area contributed by atoms with Gasteiger partial charge in [0.2, 0.25) is 5.91 Å². The molecule has 0 N–H and O–H groups in total. The van der Waals surface area contributed by atoms with Crippen LogP contribution in [-0.4, -0.2) is 38.8 Å². The van der Waals surface area contributed by atoms with E-state index in [4.69, 9.17) is 4.74 Å². The van der Waals surface area contributed by atoms with Crippen LogP contribution >= 0.6 is 0 Å². The van der Waals surface area contributed by atoms with Crippen molar-refractivity contribution in [3.05, 3.63) is 91.0 Å². The second-order valence-corrected chi connectivity index (χ2v) is 11.1. The molecular weight excluding hydrogens is 362 g/mol.